The van der Waals surface area contributed by atoms with Gasteiger partial charge in [0, 0.05) is 19.2 Å². The van der Waals surface area contributed by atoms with Gasteiger partial charge in [-0.3, -0.25) is 4.79 Å². The van der Waals surface area contributed by atoms with Crippen LogP contribution >= 0.6 is 22.9 Å². The summed E-state index contributed by atoms with van der Waals surface area (Å²) in [5.74, 6) is 0.731. The third-order valence-corrected chi connectivity index (χ3v) is 5.66. The summed E-state index contributed by atoms with van der Waals surface area (Å²) in [5.41, 5.74) is 1.57. The number of aromatic nitrogens is 1. The monoisotopic (exact) mass is 373 g/mol. The van der Waals surface area contributed by atoms with Crippen molar-refractivity contribution in [1.29, 1.82) is 0 Å². The van der Waals surface area contributed by atoms with Gasteiger partial charge in [-0.25, -0.2) is 4.98 Å². The van der Waals surface area contributed by atoms with Crippen molar-refractivity contribution in [2.45, 2.75) is 0 Å². The zero-order chi connectivity index (χ0) is 17.4. The van der Waals surface area contributed by atoms with Crippen molar-refractivity contribution in [3.05, 3.63) is 47.5 Å². The van der Waals surface area contributed by atoms with Crippen LogP contribution in [0, 0.1) is 5.92 Å². The molecule has 2 aromatic carbocycles. The molecule has 5 nitrogen and oxygen atoms in total. The molecule has 2 heterocycles. The third kappa shape index (κ3) is 3.15. The molecule has 0 atom stereocenters. The highest BCUT2D eigenvalue weighted by atomic mass is 35.5. The van der Waals surface area contributed by atoms with Crippen molar-refractivity contribution < 1.29 is 9.53 Å². The minimum atomic E-state index is -0.0576. The number of ether oxygens (including phenoxy) is 1. The van der Waals surface area contributed by atoms with Gasteiger partial charge in [0.2, 0.25) is 5.91 Å². The molecule has 0 unspecified atom stereocenters. The molecule has 1 N–H and O–H groups in total. The molecule has 1 fully saturated rings. The molecule has 7 heteroatoms. The lowest BCUT2D eigenvalue weighted by Crippen LogP contribution is -2.52. The van der Waals surface area contributed by atoms with E-state index in [1.165, 1.54) is 0 Å². The van der Waals surface area contributed by atoms with E-state index in [1.54, 1.807) is 30.6 Å². The number of anilines is 2. The molecular formula is C18H16ClN3O2S. The number of nitrogens with one attached hydrogen (secondary N) is 1. The normalized spacial score (nSPS) is 14.4. The molecule has 1 aliphatic heterocycles. The molecule has 1 amide bonds. The molecule has 1 aromatic heterocycles. The van der Waals surface area contributed by atoms with Crippen molar-refractivity contribution in [2.75, 3.05) is 30.4 Å². The zero-order valence-electron chi connectivity index (χ0n) is 13.5. The van der Waals surface area contributed by atoms with E-state index in [1.807, 2.05) is 30.3 Å². The van der Waals surface area contributed by atoms with E-state index in [4.69, 9.17) is 16.3 Å². The summed E-state index contributed by atoms with van der Waals surface area (Å²) in [5, 5.41) is 4.38. The van der Waals surface area contributed by atoms with Crippen LogP contribution in [0.5, 0.6) is 5.75 Å². The summed E-state index contributed by atoms with van der Waals surface area (Å²) >= 11 is 7.71. The fraction of sp³-hybridized carbons (Fsp3) is 0.222. The number of hydrogen-bond acceptors (Lipinski definition) is 5. The standard InChI is InChI=1S/C18H16ClN3O2S/c1-24-12-6-7-16-15(8-12)21-18(25-16)22-9-11(10-22)17(23)20-14-5-3-2-4-13(14)19/h2-8,11H,9-10H2,1H3,(H,20,23). The Morgan fingerprint density at radius 1 is 1.32 bits per heavy atom. The van der Waals surface area contributed by atoms with Gasteiger partial charge in [-0.1, -0.05) is 35.1 Å². The van der Waals surface area contributed by atoms with Crippen LogP contribution in [0.4, 0.5) is 10.8 Å². The van der Waals surface area contributed by atoms with Crippen molar-refractivity contribution in [3.8, 4) is 5.75 Å². The lowest BCUT2D eigenvalue weighted by Gasteiger charge is -2.37. The second-order valence-corrected chi connectivity index (χ2v) is 7.32. The minimum Gasteiger partial charge on any atom is -0.497 e. The van der Waals surface area contributed by atoms with Gasteiger partial charge in [-0.2, -0.15) is 0 Å². The maximum Gasteiger partial charge on any atom is 0.231 e. The smallest absolute Gasteiger partial charge is 0.231 e. The van der Waals surface area contributed by atoms with Crippen LogP contribution in [0.1, 0.15) is 0 Å². The highest BCUT2D eigenvalue weighted by Crippen LogP contribution is 2.34. The number of methoxy groups -OCH3 is 1. The van der Waals surface area contributed by atoms with Gasteiger partial charge in [0.05, 0.1) is 34.0 Å². The molecule has 1 aliphatic rings. The second-order valence-electron chi connectivity index (χ2n) is 5.90. The van der Waals surface area contributed by atoms with Crippen molar-refractivity contribution >= 4 is 49.9 Å². The highest BCUT2D eigenvalue weighted by Gasteiger charge is 2.34. The van der Waals surface area contributed by atoms with Crippen LogP contribution in [0.3, 0.4) is 0 Å². The minimum absolute atomic E-state index is 0.00729. The molecule has 1 saturated heterocycles. The van der Waals surface area contributed by atoms with Crippen LogP contribution in [0.2, 0.25) is 5.02 Å². The van der Waals surface area contributed by atoms with Crippen molar-refractivity contribution in [1.82, 2.24) is 4.98 Å². The van der Waals surface area contributed by atoms with Gasteiger partial charge in [-0.15, -0.1) is 0 Å². The Morgan fingerprint density at radius 2 is 2.12 bits per heavy atom. The fourth-order valence-electron chi connectivity index (χ4n) is 2.76. The maximum absolute atomic E-state index is 12.3. The molecule has 3 aromatic rings. The molecule has 0 aliphatic carbocycles. The number of halogens is 1. The number of fused-ring (bicyclic) bond motifs is 1. The third-order valence-electron chi connectivity index (χ3n) is 4.24. The summed E-state index contributed by atoms with van der Waals surface area (Å²) in [4.78, 5) is 19.1. The number of thiazole rings is 1. The van der Waals surface area contributed by atoms with E-state index in [2.05, 4.69) is 15.2 Å². The van der Waals surface area contributed by atoms with E-state index in [-0.39, 0.29) is 11.8 Å². The first kappa shape index (κ1) is 16.2. The number of carbonyl (C=O) groups is 1. The Bertz CT molecular complexity index is 937. The molecule has 128 valence electrons. The molecular weight excluding hydrogens is 358 g/mol. The Balaban J connectivity index is 1.41. The summed E-state index contributed by atoms with van der Waals surface area (Å²) < 4.78 is 6.35. The summed E-state index contributed by atoms with van der Waals surface area (Å²) in [7, 11) is 1.64. The molecule has 0 spiro atoms. The van der Waals surface area contributed by atoms with Crippen LogP contribution < -0.4 is 15.0 Å². The predicted molar refractivity (Wildman–Crippen MR) is 102 cm³/mol. The Morgan fingerprint density at radius 3 is 2.88 bits per heavy atom. The van der Waals surface area contributed by atoms with E-state index < -0.39 is 0 Å². The van der Waals surface area contributed by atoms with Crippen LogP contribution in [0.15, 0.2) is 42.5 Å². The molecule has 25 heavy (non-hydrogen) atoms. The largest absolute Gasteiger partial charge is 0.497 e. The number of rotatable bonds is 4. The van der Waals surface area contributed by atoms with Gasteiger partial charge in [-0.05, 0) is 24.3 Å². The summed E-state index contributed by atoms with van der Waals surface area (Å²) in [6.45, 7) is 1.32. The number of carbonyl (C=O) groups excluding carboxylic acids is 1. The Labute approximate surface area is 154 Å². The van der Waals surface area contributed by atoms with Crippen LogP contribution in [-0.4, -0.2) is 31.1 Å². The van der Waals surface area contributed by atoms with Crippen LogP contribution in [0.25, 0.3) is 10.2 Å². The topological polar surface area (TPSA) is 54.5 Å². The average molecular weight is 374 g/mol. The summed E-state index contributed by atoms with van der Waals surface area (Å²) in [6, 6.07) is 13.1. The molecule has 0 bridgehead atoms. The van der Waals surface area contributed by atoms with Gasteiger partial charge < -0.3 is 15.0 Å². The van der Waals surface area contributed by atoms with Crippen LogP contribution in [-0.2, 0) is 4.79 Å². The zero-order valence-corrected chi connectivity index (χ0v) is 15.1. The first-order chi connectivity index (χ1) is 12.1. The molecule has 0 saturated carbocycles. The fourth-order valence-corrected chi connectivity index (χ4v) is 3.90. The Kier molecular flexibility index (Phi) is 4.23. The van der Waals surface area contributed by atoms with E-state index in [0.29, 0.717) is 23.8 Å². The number of para-hydroxylation sites is 1. The highest BCUT2D eigenvalue weighted by molar-refractivity contribution is 7.22. The number of nitrogens with zero attached hydrogens (tertiary/aromatic N) is 2. The quantitative estimate of drug-likeness (QED) is 0.750. The van der Waals surface area contributed by atoms with Gasteiger partial charge in [0.1, 0.15) is 5.75 Å². The SMILES string of the molecule is COc1ccc2sc(N3CC(C(=O)Nc4ccccc4Cl)C3)nc2c1. The van der Waals surface area contributed by atoms with Gasteiger partial charge in [0.25, 0.3) is 0 Å². The van der Waals surface area contributed by atoms with E-state index in [0.717, 1.165) is 21.1 Å². The van der Waals surface area contributed by atoms with Gasteiger partial charge in [0.15, 0.2) is 5.13 Å². The summed E-state index contributed by atoms with van der Waals surface area (Å²) in [6.07, 6.45) is 0. The lowest BCUT2D eigenvalue weighted by molar-refractivity contribution is -0.120. The predicted octanol–water partition coefficient (Wildman–Crippen LogP) is 4.03. The lowest BCUT2D eigenvalue weighted by atomic mass is 10.00. The number of hydrogen-bond donors (Lipinski definition) is 1. The number of benzene rings is 2. The molecule has 0 radical (unpaired) electrons. The number of amides is 1. The van der Waals surface area contributed by atoms with Crippen molar-refractivity contribution in [3.63, 3.8) is 0 Å². The average Bonchev–Trinajstić information content (AvgIpc) is 2.98. The van der Waals surface area contributed by atoms with Crippen molar-refractivity contribution in [2.24, 2.45) is 5.92 Å². The van der Waals surface area contributed by atoms with Gasteiger partial charge >= 0.3 is 0 Å². The first-order valence-electron chi connectivity index (χ1n) is 7.89. The first-order valence-corrected chi connectivity index (χ1v) is 9.08. The van der Waals surface area contributed by atoms with E-state index >= 15 is 0 Å². The van der Waals surface area contributed by atoms with E-state index in [9.17, 15) is 4.79 Å². The Hall–Kier alpha value is -2.31. The maximum atomic E-state index is 12.3. The molecule has 4 rings (SSSR count). The second kappa shape index (κ2) is 6.54.